The first kappa shape index (κ1) is 21.0. The smallest absolute Gasteiger partial charge is 0.194 e. The second-order valence-electron chi connectivity index (χ2n) is 7.03. The summed E-state index contributed by atoms with van der Waals surface area (Å²) < 4.78 is 53.4. The summed E-state index contributed by atoms with van der Waals surface area (Å²) >= 11 is 0. The largest absolute Gasteiger partial charge is 0.483 e. The van der Waals surface area contributed by atoms with Crippen LogP contribution in [0.15, 0.2) is 41.0 Å². The normalized spacial score (nSPS) is 11.1. The molecule has 0 aliphatic carbocycles. The van der Waals surface area contributed by atoms with Crippen LogP contribution in [0.2, 0.25) is 0 Å². The van der Waals surface area contributed by atoms with Crippen LogP contribution in [0, 0.1) is 24.4 Å². The van der Waals surface area contributed by atoms with Crippen LogP contribution >= 0.6 is 0 Å². The molecule has 0 bridgehead atoms. The molecule has 0 saturated heterocycles. The van der Waals surface area contributed by atoms with Crippen molar-refractivity contribution < 1.29 is 22.3 Å². The van der Waals surface area contributed by atoms with Crippen LogP contribution in [-0.4, -0.2) is 4.98 Å². The third-order valence-electron chi connectivity index (χ3n) is 4.71. The predicted octanol–water partition coefficient (Wildman–Crippen LogP) is 6.77. The van der Waals surface area contributed by atoms with Crippen molar-refractivity contribution in [2.45, 2.75) is 52.6 Å². The molecule has 0 aliphatic heterocycles. The molecule has 1 aromatic heterocycles. The summed E-state index contributed by atoms with van der Waals surface area (Å²) in [5, 5.41) is 0. The van der Waals surface area contributed by atoms with Crippen molar-refractivity contribution in [3.05, 3.63) is 71.2 Å². The van der Waals surface area contributed by atoms with Crippen LogP contribution in [-0.2, 0) is 13.0 Å². The van der Waals surface area contributed by atoms with Gasteiger partial charge in [0, 0.05) is 23.6 Å². The molecule has 0 unspecified atom stereocenters. The lowest BCUT2D eigenvalue weighted by molar-refractivity contribution is 0.287. The number of nitrogens with zero attached hydrogens (tertiary/aromatic N) is 1. The van der Waals surface area contributed by atoms with E-state index in [-0.39, 0.29) is 29.0 Å². The van der Waals surface area contributed by atoms with Crippen LogP contribution in [0.1, 0.15) is 49.8 Å². The minimum atomic E-state index is -0.778. The summed E-state index contributed by atoms with van der Waals surface area (Å²) in [6, 6.07) is 6.37. The van der Waals surface area contributed by atoms with Crippen LogP contribution in [0.3, 0.4) is 0 Å². The summed E-state index contributed by atoms with van der Waals surface area (Å²) in [7, 11) is 0. The van der Waals surface area contributed by atoms with E-state index in [0.717, 1.165) is 31.7 Å². The Bertz CT molecular complexity index is 969. The van der Waals surface area contributed by atoms with Crippen molar-refractivity contribution in [2.75, 3.05) is 0 Å². The summed E-state index contributed by atoms with van der Waals surface area (Å²) in [5.74, 6) is -1.55. The van der Waals surface area contributed by atoms with Crippen LogP contribution < -0.4 is 4.74 Å². The number of aryl methyl sites for hydroxylation is 2. The number of hydrogen-bond acceptors (Lipinski definition) is 3. The molecule has 3 aromatic rings. The average molecular weight is 403 g/mol. The third-order valence-corrected chi connectivity index (χ3v) is 4.71. The van der Waals surface area contributed by atoms with E-state index in [1.165, 1.54) is 43.9 Å². The van der Waals surface area contributed by atoms with Gasteiger partial charge in [-0.3, -0.25) is 0 Å². The highest BCUT2D eigenvalue weighted by atomic mass is 19.1. The minimum absolute atomic E-state index is 0.0197. The summed E-state index contributed by atoms with van der Waals surface area (Å²) in [4.78, 5) is 4.36. The van der Waals surface area contributed by atoms with Gasteiger partial charge in [-0.05, 0) is 31.0 Å². The molecule has 0 spiro atoms. The van der Waals surface area contributed by atoms with E-state index < -0.39 is 17.5 Å². The van der Waals surface area contributed by atoms with Gasteiger partial charge in [-0.15, -0.1) is 0 Å². The predicted molar refractivity (Wildman–Crippen MR) is 105 cm³/mol. The Balaban J connectivity index is 1.76. The Hall–Kier alpha value is -2.76. The van der Waals surface area contributed by atoms with Crippen molar-refractivity contribution in [1.29, 1.82) is 0 Å². The minimum Gasteiger partial charge on any atom is -0.483 e. The van der Waals surface area contributed by atoms with Crippen molar-refractivity contribution in [2.24, 2.45) is 0 Å². The lowest BCUT2D eigenvalue weighted by Gasteiger charge is -2.13. The van der Waals surface area contributed by atoms with E-state index >= 15 is 0 Å². The van der Waals surface area contributed by atoms with Gasteiger partial charge >= 0.3 is 0 Å². The molecule has 0 saturated carbocycles. The maximum atomic E-state index is 14.4. The molecule has 0 amide bonds. The Morgan fingerprint density at radius 2 is 1.79 bits per heavy atom. The van der Waals surface area contributed by atoms with E-state index in [1.807, 2.05) is 0 Å². The fraction of sp³-hybridized carbons (Fsp3) is 0.348. The zero-order chi connectivity index (χ0) is 20.8. The molecule has 0 atom stereocenters. The van der Waals surface area contributed by atoms with Crippen molar-refractivity contribution in [1.82, 2.24) is 4.98 Å². The highest BCUT2D eigenvalue weighted by Crippen LogP contribution is 2.35. The van der Waals surface area contributed by atoms with Crippen LogP contribution in [0.25, 0.3) is 11.1 Å². The fourth-order valence-electron chi connectivity index (χ4n) is 3.11. The fourth-order valence-corrected chi connectivity index (χ4v) is 3.11. The zero-order valence-electron chi connectivity index (χ0n) is 16.6. The number of halogens is 3. The van der Waals surface area contributed by atoms with Gasteiger partial charge in [0.15, 0.2) is 17.5 Å². The number of para-hydroxylation sites is 1. The van der Waals surface area contributed by atoms with Crippen molar-refractivity contribution in [3.8, 4) is 16.9 Å². The molecule has 3 rings (SSSR count). The Labute approximate surface area is 168 Å². The van der Waals surface area contributed by atoms with Gasteiger partial charge in [0.2, 0.25) is 0 Å². The molecule has 0 fully saturated rings. The molecule has 1 heterocycles. The summed E-state index contributed by atoms with van der Waals surface area (Å²) in [6.45, 7) is 3.65. The SMILES string of the molecule is CCCCCCc1nc(COc2c(F)cccc2-c2cc(C)c(F)cc2F)co1. The number of unbranched alkanes of at least 4 members (excludes halogenated alkanes) is 3. The molecule has 29 heavy (non-hydrogen) atoms. The van der Waals surface area contributed by atoms with Gasteiger partial charge in [0.05, 0.1) is 0 Å². The first-order chi connectivity index (χ1) is 14.0. The van der Waals surface area contributed by atoms with Crippen molar-refractivity contribution >= 4 is 0 Å². The van der Waals surface area contributed by atoms with Crippen LogP contribution in [0.5, 0.6) is 5.75 Å². The lowest BCUT2D eigenvalue weighted by Crippen LogP contribution is -2.01. The number of benzene rings is 2. The van der Waals surface area contributed by atoms with E-state index in [0.29, 0.717) is 11.6 Å². The first-order valence-electron chi connectivity index (χ1n) is 9.80. The molecular weight excluding hydrogens is 379 g/mol. The number of aromatic nitrogens is 1. The van der Waals surface area contributed by atoms with Crippen molar-refractivity contribution in [3.63, 3.8) is 0 Å². The quantitative estimate of drug-likeness (QED) is 0.370. The van der Waals surface area contributed by atoms with E-state index in [1.54, 1.807) is 0 Å². The lowest BCUT2D eigenvalue weighted by atomic mass is 10.0. The molecule has 3 nitrogen and oxygen atoms in total. The van der Waals surface area contributed by atoms with Gasteiger partial charge in [0.25, 0.3) is 0 Å². The number of hydrogen-bond donors (Lipinski definition) is 0. The number of oxazole rings is 1. The molecule has 2 aromatic carbocycles. The molecule has 0 radical (unpaired) electrons. The average Bonchev–Trinajstić information content (AvgIpc) is 3.15. The topological polar surface area (TPSA) is 35.3 Å². The highest BCUT2D eigenvalue weighted by molar-refractivity contribution is 5.71. The molecule has 6 heteroatoms. The summed E-state index contributed by atoms with van der Waals surface area (Å²) in [5.41, 5.74) is 1.09. The number of ether oxygens (including phenoxy) is 1. The van der Waals surface area contributed by atoms with E-state index in [2.05, 4.69) is 11.9 Å². The molecule has 154 valence electrons. The van der Waals surface area contributed by atoms with Gasteiger partial charge < -0.3 is 9.15 Å². The maximum absolute atomic E-state index is 14.4. The molecule has 0 N–H and O–H groups in total. The van der Waals surface area contributed by atoms with Gasteiger partial charge in [-0.25, -0.2) is 18.2 Å². The monoisotopic (exact) mass is 403 g/mol. The second kappa shape index (κ2) is 9.63. The first-order valence-corrected chi connectivity index (χ1v) is 9.80. The number of rotatable bonds is 9. The Morgan fingerprint density at radius 1 is 0.966 bits per heavy atom. The third kappa shape index (κ3) is 5.19. The standard InChI is InChI=1S/C23H24F3NO2/c1-3-4-5-6-10-22-27-16(13-28-22)14-29-23-17(8-7-9-19(23)24)18-11-15(2)20(25)12-21(18)26/h7-9,11-13H,3-6,10,14H2,1-2H3. The maximum Gasteiger partial charge on any atom is 0.194 e. The van der Waals surface area contributed by atoms with Gasteiger partial charge in [-0.2, -0.15) is 0 Å². The summed E-state index contributed by atoms with van der Waals surface area (Å²) in [6.07, 6.45) is 6.67. The zero-order valence-corrected chi connectivity index (χ0v) is 16.6. The Morgan fingerprint density at radius 3 is 2.59 bits per heavy atom. The van der Waals surface area contributed by atoms with Gasteiger partial charge in [0.1, 0.15) is 30.2 Å². The molecular formula is C23H24F3NO2. The second-order valence-corrected chi connectivity index (χ2v) is 7.03. The Kier molecular flexibility index (Phi) is 6.96. The van der Waals surface area contributed by atoms with Gasteiger partial charge in [-0.1, -0.05) is 38.3 Å². The highest BCUT2D eigenvalue weighted by Gasteiger charge is 2.17. The van der Waals surface area contributed by atoms with E-state index in [4.69, 9.17) is 9.15 Å². The molecule has 0 aliphatic rings. The van der Waals surface area contributed by atoms with Crippen LogP contribution in [0.4, 0.5) is 13.2 Å². The van der Waals surface area contributed by atoms with E-state index in [9.17, 15) is 13.2 Å².